The van der Waals surface area contributed by atoms with E-state index in [9.17, 15) is 9.90 Å². The van der Waals surface area contributed by atoms with Gasteiger partial charge in [0, 0.05) is 25.2 Å². The molecule has 2 heterocycles. The number of aliphatic hydroxyl groups excluding tert-OH is 1. The van der Waals surface area contributed by atoms with Gasteiger partial charge >= 0.3 is 0 Å². The van der Waals surface area contributed by atoms with Gasteiger partial charge in [-0.25, -0.2) is 4.39 Å². The molecule has 1 aliphatic heterocycles. The first-order chi connectivity index (χ1) is 13.0. The van der Waals surface area contributed by atoms with Crippen molar-refractivity contribution < 1.29 is 23.6 Å². The second-order valence-electron chi connectivity index (χ2n) is 7.58. The number of morpholine rings is 1. The summed E-state index contributed by atoms with van der Waals surface area (Å²) in [5, 5.41) is 16.7. The van der Waals surface area contributed by atoms with Gasteiger partial charge in [0.15, 0.2) is 11.5 Å². The minimum absolute atomic E-state index is 0.0505. The van der Waals surface area contributed by atoms with Crippen molar-refractivity contribution >= 4 is 22.6 Å². The third-order valence-electron chi connectivity index (χ3n) is 5.13. The van der Waals surface area contributed by atoms with E-state index >= 15 is 4.39 Å². The number of amides is 1. The van der Waals surface area contributed by atoms with E-state index in [1.807, 2.05) is 18.7 Å². The molecule has 146 valence electrons. The molecule has 0 bridgehead atoms. The van der Waals surface area contributed by atoms with Crippen molar-refractivity contribution in [2.24, 2.45) is 5.92 Å². The number of nitrogens with zero attached hydrogens (tertiary/aromatic N) is 2. The monoisotopic (exact) mass is 377 g/mol. The number of ether oxygens (including phenoxy) is 1. The lowest BCUT2D eigenvalue weighted by atomic mass is 10.0. The highest BCUT2D eigenvalue weighted by Crippen LogP contribution is 2.35. The van der Waals surface area contributed by atoms with Crippen molar-refractivity contribution in [1.29, 1.82) is 0 Å². The summed E-state index contributed by atoms with van der Waals surface area (Å²) < 4.78 is 26.2. The first-order valence-electron chi connectivity index (χ1n) is 9.38. The quantitative estimate of drug-likeness (QED) is 0.831. The Kier molecular flexibility index (Phi) is 4.77. The number of hydrogen-bond acceptors (Lipinski definition) is 6. The molecule has 1 saturated heterocycles. The van der Waals surface area contributed by atoms with Crippen LogP contribution in [0, 0.1) is 11.7 Å². The highest BCUT2D eigenvalue weighted by atomic mass is 19.1. The molecule has 2 atom stereocenters. The molecule has 0 spiro atoms. The molecule has 0 unspecified atom stereocenters. The predicted molar refractivity (Wildman–Crippen MR) is 97.2 cm³/mol. The summed E-state index contributed by atoms with van der Waals surface area (Å²) >= 11 is 0. The van der Waals surface area contributed by atoms with Crippen LogP contribution in [0.15, 0.2) is 10.6 Å². The van der Waals surface area contributed by atoms with Crippen LogP contribution in [-0.2, 0) is 11.3 Å². The summed E-state index contributed by atoms with van der Waals surface area (Å²) in [4.78, 5) is 14.2. The van der Waals surface area contributed by atoms with Gasteiger partial charge in [-0.05, 0) is 38.7 Å². The van der Waals surface area contributed by atoms with E-state index in [4.69, 9.17) is 9.26 Å². The van der Waals surface area contributed by atoms with Crippen LogP contribution in [0.3, 0.4) is 0 Å². The minimum Gasteiger partial charge on any atom is -0.392 e. The van der Waals surface area contributed by atoms with E-state index in [2.05, 4.69) is 10.5 Å². The lowest BCUT2D eigenvalue weighted by Crippen LogP contribution is -2.46. The predicted octanol–water partition coefficient (Wildman–Crippen LogP) is 2.21. The van der Waals surface area contributed by atoms with Gasteiger partial charge in [0.1, 0.15) is 0 Å². The van der Waals surface area contributed by atoms with Crippen molar-refractivity contribution in [3.8, 4) is 0 Å². The first-order valence-corrected chi connectivity index (χ1v) is 9.38. The maximum atomic E-state index is 15.3. The van der Waals surface area contributed by atoms with E-state index in [1.165, 1.54) is 0 Å². The Morgan fingerprint density at radius 1 is 1.37 bits per heavy atom. The molecule has 2 aliphatic rings. The lowest BCUT2D eigenvalue weighted by molar-refractivity contribution is -0.00550. The average molecular weight is 377 g/mol. The van der Waals surface area contributed by atoms with Crippen LogP contribution in [0.4, 0.5) is 10.1 Å². The molecule has 2 N–H and O–H groups in total. The van der Waals surface area contributed by atoms with Crippen LogP contribution >= 0.6 is 0 Å². The molecule has 1 aromatic carbocycles. The Bertz CT molecular complexity index is 854. The van der Waals surface area contributed by atoms with Gasteiger partial charge in [0.2, 0.25) is 5.58 Å². The molecule has 1 aliphatic carbocycles. The molecule has 27 heavy (non-hydrogen) atoms. The number of aliphatic hydroxyl groups is 1. The van der Waals surface area contributed by atoms with Gasteiger partial charge in [-0.15, -0.1) is 0 Å². The second kappa shape index (κ2) is 7.09. The molecule has 1 saturated carbocycles. The molecule has 1 aromatic heterocycles. The molecule has 8 heteroatoms. The zero-order valence-corrected chi connectivity index (χ0v) is 15.5. The maximum Gasteiger partial charge on any atom is 0.274 e. The van der Waals surface area contributed by atoms with E-state index in [0.29, 0.717) is 31.1 Å². The number of halogens is 1. The van der Waals surface area contributed by atoms with Crippen molar-refractivity contribution in [3.05, 3.63) is 23.1 Å². The number of hydrogen-bond donors (Lipinski definition) is 2. The molecule has 2 fully saturated rings. The number of carbonyl (C=O) groups excluding carboxylic acids is 1. The highest BCUT2D eigenvalue weighted by molar-refractivity contribution is 6.05. The van der Waals surface area contributed by atoms with Gasteiger partial charge in [-0.3, -0.25) is 4.79 Å². The third-order valence-corrected chi connectivity index (χ3v) is 5.13. The Morgan fingerprint density at radius 3 is 2.70 bits per heavy atom. The van der Waals surface area contributed by atoms with Gasteiger partial charge in [-0.2, -0.15) is 0 Å². The van der Waals surface area contributed by atoms with Crippen LogP contribution in [0.2, 0.25) is 0 Å². The summed E-state index contributed by atoms with van der Waals surface area (Å²) in [5.74, 6) is -0.467. The Hall–Kier alpha value is -2.19. The molecule has 4 rings (SSSR count). The minimum atomic E-state index is -0.605. The summed E-state index contributed by atoms with van der Waals surface area (Å²) in [6, 6.07) is 1.60. The van der Waals surface area contributed by atoms with Crippen LogP contribution in [0.5, 0.6) is 0 Å². The zero-order chi connectivity index (χ0) is 19.1. The summed E-state index contributed by atoms with van der Waals surface area (Å²) in [7, 11) is 0. The van der Waals surface area contributed by atoms with Gasteiger partial charge < -0.3 is 24.6 Å². The standard InChI is InChI=1S/C19H24FN3O4/c1-10-7-23(8-11(2)26-10)17-13(9-24)5-14-16(22-27-18(14)15(17)20)19(25)21-6-12-3-4-12/h5,10-12,24H,3-4,6-9H2,1-2H3,(H,21,25)/t10-,11+. The lowest BCUT2D eigenvalue weighted by Gasteiger charge is -2.37. The van der Waals surface area contributed by atoms with E-state index in [0.717, 1.165) is 12.8 Å². The van der Waals surface area contributed by atoms with Crippen LogP contribution in [-0.4, -0.2) is 48.0 Å². The van der Waals surface area contributed by atoms with E-state index in [1.54, 1.807) is 6.07 Å². The van der Waals surface area contributed by atoms with E-state index < -0.39 is 5.82 Å². The number of anilines is 1. The number of benzene rings is 1. The van der Waals surface area contributed by atoms with Gasteiger partial charge in [-0.1, -0.05) is 5.16 Å². The Labute approximate surface area is 156 Å². The topological polar surface area (TPSA) is 87.8 Å². The summed E-state index contributed by atoms with van der Waals surface area (Å²) in [6.07, 6.45) is 2.11. The normalized spacial score (nSPS) is 23.0. The Morgan fingerprint density at radius 2 is 2.07 bits per heavy atom. The van der Waals surface area contributed by atoms with Crippen molar-refractivity contribution in [1.82, 2.24) is 10.5 Å². The smallest absolute Gasteiger partial charge is 0.274 e. The SMILES string of the molecule is C[C@@H]1CN(c2c(CO)cc3c(C(=O)NCC4CC4)noc3c2F)C[C@H](C)O1. The number of nitrogens with one attached hydrogen (secondary N) is 1. The molecular formula is C19H24FN3O4. The second-order valence-corrected chi connectivity index (χ2v) is 7.58. The van der Waals surface area contributed by atoms with Crippen molar-refractivity contribution in [3.63, 3.8) is 0 Å². The first kappa shape index (κ1) is 18.2. The van der Waals surface area contributed by atoms with Crippen LogP contribution < -0.4 is 10.2 Å². The van der Waals surface area contributed by atoms with Gasteiger partial charge in [0.05, 0.1) is 29.9 Å². The van der Waals surface area contributed by atoms with Crippen molar-refractivity contribution in [2.45, 2.75) is 45.5 Å². The largest absolute Gasteiger partial charge is 0.392 e. The summed E-state index contributed by atoms with van der Waals surface area (Å²) in [5.41, 5.74) is 0.675. The number of carbonyl (C=O) groups is 1. The molecule has 2 aromatic rings. The molecule has 1 amide bonds. The molecule has 7 nitrogen and oxygen atoms in total. The van der Waals surface area contributed by atoms with E-state index in [-0.39, 0.29) is 47.1 Å². The maximum absolute atomic E-state index is 15.3. The average Bonchev–Trinajstić information content (AvgIpc) is 3.35. The fraction of sp³-hybridized carbons (Fsp3) is 0.579. The van der Waals surface area contributed by atoms with Crippen LogP contribution in [0.1, 0.15) is 42.7 Å². The molecular weight excluding hydrogens is 353 g/mol. The number of rotatable bonds is 5. The van der Waals surface area contributed by atoms with Gasteiger partial charge in [0.25, 0.3) is 5.91 Å². The fourth-order valence-electron chi connectivity index (χ4n) is 3.71. The number of aromatic nitrogens is 1. The molecule has 0 radical (unpaired) electrons. The third kappa shape index (κ3) is 3.51. The summed E-state index contributed by atoms with van der Waals surface area (Å²) in [6.45, 7) is 5.09. The van der Waals surface area contributed by atoms with Crippen LogP contribution in [0.25, 0.3) is 11.0 Å². The Balaban J connectivity index is 1.71. The highest BCUT2D eigenvalue weighted by Gasteiger charge is 2.30. The zero-order valence-electron chi connectivity index (χ0n) is 15.5. The fourth-order valence-corrected chi connectivity index (χ4v) is 3.71. The van der Waals surface area contributed by atoms with Crippen molar-refractivity contribution in [2.75, 3.05) is 24.5 Å². The number of fused-ring (bicyclic) bond motifs is 1.